The van der Waals surface area contributed by atoms with Gasteiger partial charge in [-0.3, -0.25) is 0 Å². The molecule has 55 heavy (non-hydrogen) atoms. The van der Waals surface area contributed by atoms with E-state index < -0.39 is 24.3 Å². The molecule has 2 heterocycles. The van der Waals surface area contributed by atoms with Crippen molar-refractivity contribution in [2.45, 2.75) is 12.4 Å². The second kappa shape index (κ2) is 24.2. The number of nitrogens with zero attached hydrogens (tertiary/aromatic N) is 2. The van der Waals surface area contributed by atoms with E-state index in [0.29, 0.717) is 102 Å². The van der Waals surface area contributed by atoms with Crippen molar-refractivity contribution >= 4 is 45.4 Å². The van der Waals surface area contributed by atoms with Gasteiger partial charge >= 0.3 is 24.3 Å². The van der Waals surface area contributed by atoms with Gasteiger partial charge in [-0.1, -0.05) is 24.3 Å². The summed E-state index contributed by atoms with van der Waals surface area (Å²) in [6.45, 7) is 5.59. The molecule has 0 atom stereocenters. The Morgan fingerprint density at radius 3 is 1.04 bits per heavy atom. The Labute approximate surface area is 310 Å². The second-order valence-corrected chi connectivity index (χ2v) is 10.5. The van der Waals surface area contributed by atoms with E-state index in [2.05, 4.69) is 9.97 Å². The van der Waals surface area contributed by atoms with Gasteiger partial charge in [-0.25, -0.2) is 19.6 Å². The van der Waals surface area contributed by atoms with E-state index >= 15 is 0 Å². The molecule has 4 rings (SSSR count). The van der Waals surface area contributed by atoms with Crippen molar-refractivity contribution in [2.75, 3.05) is 90.7 Å². The number of anilines is 2. The van der Waals surface area contributed by atoms with Crippen LogP contribution in [0.4, 0.5) is 38.0 Å². The van der Waals surface area contributed by atoms with Crippen LogP contribution in [0.2, 0.25) is 0 Å². The Balaban J connectivity index is 0.000000633. The summed E-state index contributed by atoms with van der Waals surface area (Å²) in [5.41, 5.74) is 13.3. The summed E-state index contributed by atoms with van der Waals surface area (Å²) in [6.07, 6.45) is -10.2. The number of ether oxygens (including phenoxy) is 7. The Bertz CT molecular complexity index is 1620. The zero-order chi connectivity index (χ0) is 40.7. The molecule has 15 nitrogen and oxygen atoms in total. The van der Waals surface area contributed by atoms with Crippen LogP contribution in [0, 0.1) is 0 Å². The number of rotatable bonds is 20. The average molecular weight is 795 g/mol. The van der Waals surface area contributed by atoms with Gasteiger partial charge in [-0.15, -0.1) is 0 Å². The van der Waals surface area contributed by atoms with Gasteiger partial charge in [-0.05, 0) is 24.3 Å². The van der Waals surface area contributed by atoms with Gasteiger partial charge in [0.2, 0.25) is 0 Å². The number of carboxylic acid groups (broad SMARTS) is 2. The monoisotopic (exact) mass is 794 g/mol. The summed E-state index contributed by atoms with van der Waals surface area (Å²) >= 11 is 0. The van der Waals surface area contributed by atoms with Crippen LogP contribution in [0.1, 0.15) is 0 Å². The summed E-state index contributed by atoms with van der Waals surface area (Å²) in [5, 5.41) is 16.1. The van der Waals surface area contributed by atoms with Gasteiger partial charge in [0.05, 0.1) is 77.1 Å². The van der Waals surface area contributed by atoms with E-state index in [1.165, 1.54) is 0 Å². The van der Waals surface area contributed by atoms with Crippen LogP contribution in [-0.4, -0.2) is 124 Å². The Kier molecular flexibility index (Phi) is 20.2. The topological polar surface area (TPSA) is 217 Å². The number of carbonyl (C=O) groups is 2. The lowest BCUT2D eigenvalue weighted by Crippen LogP contribution is -2.21. The molecule has 0 spiro atoms. The van der Waals surface area contributed by atoms with Crippen molar-refractivity contribution < 1.29 is 79.3 Å². The smallest absolute Gasteiger partial charge is 0.490 e. The van der Waals surface area contributed by atoms with Crippen LogP contribution in [0.3, 0.4) is 0 Å². The highest BCUT2D eigenvalue weighted by atomic mass is 19.4. The molecular weight excluding hydrogens is 754 g/mol. The van der Waals surface area contributed by atoms with Crippen molar-refractivity contribution in [1.82, 2.24) is 9.97 Å². The molecular formula is C34H40F6N4O11. The van der Waals surface area contributed by atoms with E-state index in [1.807, 2.05) is 48.5 Å². The summed E-state index contributed by atoms with van der Waals surface area (Å²) in [7, 11) is 0. The van der Waals surface area contributed by atoms with E-state index in [9.17, 15) is 26.3 Å². The molecule has 21 heteroatoms. The average Bonchev–Trinajstić information content (AvgIpc) is 3.12. The van der Waals surface area contributed by atoms with Crippen LogP contribution < -0.4 is 20.9 Å². The summed E-state index contributed by atoms with van der Waals surface area (Å²) in [5.74, 6) is -3.26. The first kappa shape index (κ1) is 45.9. The Morgan fingerprint density at radius 1 is 0.509 bits per heavy atom. The highest BCUT2D eigenvalue weighted by Gasteiger charge is 2.38. The van der Waals surface area contributed by atoms with E-state index in [1.54, 1.807) is 12.1 Å². The van der Waals surface area contributed by atoms with Crippen LogP contribution in [0.25, 0.3) is 21.8 Å². The number of aromatic nitrogens is 2. The summed E-state index contributed by atoms with van der Waals surface area (Å²) in [6, 6.07) is 18.9. The number of benzene rings is 2. The Hall–Kier alpha value is -5.22. The fourth-order valence-electron chi connectivity index (χ4n) is 3.97. The van der Waals surface area contributed by atoms with Crippen LogP contribution in [0.15, 0.2) is 60.7 Å². The first-order valence-electron chi connectivity index (χ1n) is 16.1. The number of nitrogens with two attached hydrogens (primary N) is 2. The third kappa shape index (κ3) is 19.1. The third-order valence-electron chi connectivity index (χ3n) is 6.34. The third-order valence-corrected chi connectivity index (χ3v) is 6.34. The molecule has 0 amide bonds. The second-order valence-electron chi connectivity index (χ2n) is 10.5. The minimum Gasteiger partial charge on any atom is -0.490 e. The quantitative estimate of drug-likeness (QED) is 0.0701. The van der Waals surface area contributed by atoms with E-state index in [-0.39, 0.29) is 0 Å². The molecule has 0 bridgehead atoms. The van der Waals surface area contributed by atoms with E-state index in [4.69, 9.17) is 64.4 Å². The SMILES string of the molecule is Nc1cc(OCCOCCOCCOCCOCCOCCOc2cc(N)nc3ccccc23)c2ccccc2n1.O=C(O)C(F)(F)F.O=C(O)C(F)(F)F. The van der Waals surface area contributed by atoms with Gasteiger partial charge in [0.25, 0.3) is 0 Å². The van der Waals surface area contributed by atoms with Gasteiger partial charge in [-0.2, -0.15) is 26.3 Å². The maximum absolute atomic E-state index is 10.6. The van der Waals surface area contributed by atoms with E-state index in [0.717, 1.165) is 21.8 Å². The van der Waals surface area contributed by atoms with Crippen LogP contribution in [0.5, 0.6) is 11.5 Å². The normalized spacial score (nSPS) is 11.3. The van der Waals surface area contributed by atoms with Gasteiger partial charge in [0.15, 0.2) is 0 Å². The lowest BCUT2D eigenvalue weighted by molar-refractivity contribution is -0.193. The van der Waals surface area contributed by atoms with Gasteiger partial charge < -0.3 is 54.8 Å². The van der Waals surface area contributed by atoms with Gasteiger partial charge in [0.1, 0.15) is 36.3 Å². The number of nitrogen functional groups attached to an aromatic ring is 2. The van der Waals surface area contributed by atoms with Crippen LogP contribution >= 0.6 is 0 Å². The van der Waals surface area contributed by atoms with Crippen molar-refractivity contribution in [3.8, 4) is 11.5 Å². The first-order chi connectivity index (χ1) is 26.1. The molecule has 6 N–H and O–H groups in total. The predicted octanol–water partition coefficient (Wildman–Crippen LogP) is 4.75. The molecule has 304 valence electrons. The molecule has 2 aromatic heterocycles. The zero-order valence-electron chi connectivity index (χ0n) is 29.1. The molecule has 0 fully saturated rings. The molecule has 0 saturated heterocycles. The number of pyridine rings is 2. The number of aliphatic carboxylic acids is 2. The fraction of sp³-hybridized carbons (Fsp3) is 0.412. The number of hydrogen-bond donors (Lipinski definition) is 4. The maximum Gasteiger partial charge on any atom is 0.490 e. The minimum absolute atomic E-state index is 0.411. The molecule has 2 aromatic carbocycles. The molecule has 0 unspecified atom stereocenters. The minimum atomic E-state index is -5.08. The van der Waals surface area contributed by atoms with Crippen molar-refractivity contribution in [2.24, 2.45) is 0 Å². The summed E-state index contributed by atoms with van der Waals surface area (Å²) < 4.78 is 103. The molecule has 0 aliphatic carbocycles. The largest absolute Gasteiger partial charge is 0.490 e. The van der Waals surface area contributed by atoms with Crippen LogP contribution in [-0.2, 0) is 33.3 Å². The van der Waals surface area contributed by atoms with Crippen molar-refractivity contribution in [1.29, 1.82) is 0 Å². The predicted molar refractivity (Wildman–Crippen MR) is 185 cm³/mol. The highest BCUT2D eigenvalue weighted by Crippen LogP contribution is 2.27. The summed E-state index contributed by atoms with van der Waals surface area (Å²) in [4.78, 5) is 26.4. The molecule has 0 saturated carbocycles. The zero-order valence-corrected chi connectivity index (χ0v) is 29.1. The number of alkyl halides is 6. The standard InChI is InChI=1S/C30H38N4O7.2C2HF3O2/c31-29-21-27(23-5-1-3-7-25(23)33-29)40-19-17-38-15-13-36-11-9-35-10-12-37-14-16-39-18-20-41-28-22-30(32)34-26-8-4-2-6-24(26)28;2*3-2(4,5)1(6)7/h1-8,21-22H,9-20H2,(H2,31,33)(H2,32,34);2*(H,6,7). The highest BCUT2D eigenvalue weighted by molar-refractivity contribution is 5.87. The van der Waals surface area contributed by atoms with Gasteiger partial charge in [0, 0.05) is 22.9 Å². The molecule has 4 aromatic rings. The van der Waals surface area contributed by atoms with Crippen molar-refractivity contribution in [3.05, 3.63) is 60.7 Å². The van der Waals surface area contributed by atoms with Crippen molar-refractivity contribution in [3.63, 3.8) is 0 Å². The lowest BCUT2D eigenvalue weighted by atomic mass is 10.2. The number of halogens is 6. The number of fused-ring (bicyclic) bond motifs is 2. The fourth-order valence-corrected chi connectivity index (χ4v) is 3.97. The number of hydrogen-bond acceptors (Lipinski definition) is 13. The maximum atomic E-state index is 10.6. The number of para-hydroxylation sites is 2. The lowest BCUT2D eigenvalue weighted by Gasteiger charge is -2.11. The first-order valence-corrected chi connectivity index (χ1v) is 16.1. The molecule has 0 aliphatic rings. The molecule has 0 aliphatic heterocycles. The Morgan fingerprint density at radius 2 is 0.764 bits per heavy atom. The molecule has 0 radical (unpaired) electrons. The number of carboxylic acids is 2.